The highest BCUT2D eigenvalue weighted by Gasteiger charge is 2.53. The normalized spacial score (nSPS) is 26.5. The molecule has 0 aliphatic carbocycles. The Balaban J connectivity index is 2.40. The van der Waals surface area contributed by atoms with Gasteiger partial charge in [-0.05, 0) is 48.0 Å². The second-order valence-corrected chi connectivity index (χ2v) is 7.17. The minimum Gasteiger partial charge on any atom is -0.488 e. The lowest BCUT2D eigenvalue weighted by Gasteiger charge is -2.52. The summed E-state index contributed by atoms with van der Waals surface area (Å²) in [7, 11) is 0. The van der Waals surface area contributed by atoms with E-state index in [-0.39, 0.29) is 23.0 Å². The van der Waals surface area contributed by atoms with Crippen molar-refractivity contribution in [1.29, 1.82) is 0 Å². The van der Waals surface area contributed by atoms with Crippen molar-refractivity contribution in [1.82, 2.24) is 10.6 Å². The smallest absolute Gasteiger partial charge is 0.163 e. The van der Waals surface area contributed by atoms with Gasteiger partial charge in [-0.3, -0.25) is 9.63 Å². The molecule has 0 radical (unpaired) electrons. The average Bonchev–Trinajstić information content (AvgIpc) is 2.70. The molecule has 1 unspecified atom stereocenters. The third-order valence-corrected chi connectivity index (χ3v) is 4.33. The molecule has 0 amide bonds. The van der Waals surface area contributed by atoms with Crippen molar-refractivity contribution in [3.05, 3.63) is 23.0 Å². The summed E-state index contributed by atoms with van der Waals surface area (Å²) in [4.78, 5) is 17.5. The van der Waals surface area contributed by atoms with E-state index in [0.29, 0.717) is 12.4 Å². The van der Waals surface area contributed by atoms with E-state index in [1.165, 1.54) is 0 Å². The number of hydrogen-bond acceptors (Lipinski definition) is 5. The summed E-state index contributed by atoms with van der Waals surface area (Å²) in [5, 5.41) is 2.07. The highest BCUT2D eigenvalue weighted by atomic mass is 16.7. The molecule has 0 saturated heterocycles. The number of allylic oxidation sites excluding steroid dienone is 1. The van der Waals surface area contributed by atoms with Crippen LogP contribution in [0.15, 0.2) is 23.0 Å². The summed E-state index contributed by atoms with van der Waals surface area (Å²) in [6.45, 7) is 14.6. The van der Waals surface area contributed by atoms with Crippen LogP contribution in [0.25, 0.3) is 0 Å². The van der Waals surface area contributed by atoms with Crippen LogP contribution in [-0.2, 0) is 14.4 Å². The van der Waals surface area contributed by atoms with Crippen molar-refractivity contribution in [2.75, 3.05) is 6.61 Å². The van der Waals surface area contributed by atoms with Gasteiger partial charge in [-0.1, -0.05) is 13.0 Å². The lowest BCUT2D eigenvalue weighted by molar-refractivity contribution is -0.184. The Morgan fingerprint density at radius 1 is 1.41 bits per heavy atom. The molecule has 0 aromatic heterocycles. The maximum absolute atomic E-state index is 12.0. The predicted octanol–water partition coefficient (Wildman–Crippen LogP) is 2.89. The molecule has 0 spiro atoms. The Morgan fingerprint density at radius 3 is 2.59 bits per heavy atom. The summed E-state index contributed by atoms with van der Waals surface area (Å²) in [6, 6.07) is 0. The molecule has 0 saturated carbocycles. The molecule has 2 aliphatic rings. The number of fused-ring (bicyclic) bond motifs is 1. The monoisotopic (exact) mass is 308 g/mol. The van der Waals surface area contributed by atoms with Crippen molar-refractivity contribution in [2.45, 2.75) is 72.1 Å². The second-order valence-electron chi connectivity index (χ2n) is 7.17. The summed E-state index contributed by atoms with van der Waals surface area (Å²) in [5.74, 6) is 0.769. The summed E-state index contributed by atoms with van der Waals surface area (Å²) >= 11 is 0. The standard InChI is InChI=1S/C17H28N2O3/c1-8-9-21-18-19-16(4,5)10-13-14(11(2)20)12(3)22-15(13)17(19,6)7/h10,15,18H,8-9H2,1-7H3. The van der Waals surface area contributed by atoms with E-state index in [1.54, 1.807) is 6.92 Å². The lowest BCUT2D eigenvalue weighted by Crippen LogP contribution is -2.68. The first-order chi connectivity index (χ1) is 10.1. The van der Waals surface area contributed by atoms with E-state index in [2.05, 4.69) is 51.3 Å². The fourth-order valence-electron chi connectivity index (χ4n) is 3.51. The number of hydrogen-bond donors (Lipinski definition) is 1. The zero-order chi connectivity index (χ0) is 16.7. The van der Waals surface area contributed by atoms with Gasteiger partial charge in [0.15, 0.2) is 5.78 Å². The van der Waals surface area contributed by atoms with Crippen LogP contribution in [0.5, 0.6) is 0 Å². The SMILES string of the molecule is CCCONN1C(C)(C)C=C2C(C(C)=O)=C(C)OC2C1(C)C. The number of ether oxygens (including phenoxy) is 1. The van der Waals surface area contributed by atoms with E-state index in [9.17, 15) is 4.79 Å². The first-order valence-corrected chi connectivity index (χ1v) is 7.92. The highest BCUT2D eigenvalue weighted by molar-refractivity contribution is 5.99. The van der Waals surface area contributed by atoms with Crippen molar-refractivity contribution in [3.63, 3.8) is 0 Å². The van der Waals surface area contributed by atoms with Crippen molar-refractivity contribution >= 4 is 5.78 Å². The van der Waals surface area contributed by atoms with Crippen LogP contribution in [0.3, 0.4) is 0 Å². The Bertz CT molecular complexity index is 532. The van der Waals surface area contributed by atoms with Gasteiger partial charge in [0.05, 0.1) is 23.3 Å². The van der Waals surface area contributed by atoms with Gasteiger partial charge >= 0.3 is 0 Å². The van der Waals surface area contributed by atoms with Crippen LogP contribution >= 0.6 is 0 Å². The van der Waals surface area contributed by atoms with E-state index in [0.717, 1.165) is 17.6 Å². The van der Waals surface area contributed by atoms with Gasteiger partial charge in [-0.2, -0.15) is 0 Å². The molecule has 5 heteroatoms. The largest absolute Gasteiger partial charge is 0.488 e. The van der Waals surface area contributed by atoms with Crippen molar-refractivity contribution in [2.24, 2.45) is 0 Å². The maximum atomic E-state index is 12.0. The van der Waals surface area contributed by atoms with Gasteiger partial charge in [-0.25, -0.2) is 5.01 Å². The molecular weight excluding hydrogens is 280 g/mol. The number of nitrogens with zero attached hydrogens (tertiary/aromatic N) is 1. The Hall–Kier alpha value is -1.17. The summed E-state index contributed by atoms with van der Waals surface area (Å²) < 4.78 is 6.04. The minimum absolute atomic E-state index is 0.0569. The lowest BCUT2D eigenvalue weighted by atomic mass is 9.78. The average molecular weight is 308 g/mol. The zero-order valence-corrected chi connectivity index (χ0v) is 14.7. The molecule has 2 heterocycles. The molecule has 2 rings (SSSR count). The van der Waals surface area contributed by atoms with Gasteiger partial charge in [0.25, 0.3) is 0 Å². The number of carbonyl (C=O) groups is 1. The number of Topliss-reactive ketones (excluding diaryl/α,β-unsaturated/α-hetero) is 1. The molecule has 1 atom stereocenters. The molecule has 0 bridgehead atoms. The van der Waals surface area contributed by atoms with Gasteiger partial charge in [0.1, 0.15) is 11.9 Å². The van der Waals surface area contributed by atoms with Crippen LogP contribution in [-0.4, -0.2) is 34.6 Å². The Kier molecular flexibility index (Phi) is 4.53. The Labute approximate surface area is 133 Å². The molecule has 5 nitrogen and oxygen atoms in total. The van der Waals surface area contributed by atoms with Gasteiger partial charge in [0.2, 0.25) is 0 Å². The Morgan fingerprint density at radius 2 is 2.05 bits per heavy atom. The van der Waals surface area contributed by atoms with E-state index in [4.69, 9.17) is 9.57 Å². The fraction of sp³-hybridized carbons (Fsp3) is 0.706. The van der Waals surface area contributed by atoms with Crippen LogP contribution in [0.2, 0.25) is 0 Å². The first kappa shape index (κ1) is 17.2. The predicted molar refractivity (Wildman–Crippen MR) is 85.7 cm³/mol. The third-order valence-electron chi connectivity index (χ3n) is 4.33. The van der Waals surface area contributed by atoms with E-state index in [1.807, 2.05) is 6.92 Å². The third kappa shape index (κ3) is 2.73. The van der Waals surface area contributed by atoms with Gasteiger partial charge < -0.3 is 4.74 Å². The number of hydrazine groups is 1. The van der Waals surface area contributed by atoms with Crippen LogP contribution in [0.1, 0.15) is 54.9 Å². The summed E-state index contributed by atoms with van der Waals surface area (Å²) in [5.41, 5.74) is 4.13. The molecule has 1 N–H and O–H groups in total. The summed E-state index contributed by atoms with van der Waals surface area (Å²) in [6.07, 6.45) is 2.87. The van der Waals surface area contributed by atoms with Crippen molar-refractivity contribution < 1.29 is 14.4 Å². The molecule has 2 aliphatic heterocycles. The maximum Gasteiger partial charge on any atom is 0.163 e. The van der Waals surface area contributed by atoms with Gasteiger partial charge in [-0.15, -0.1) is 5.59 Å². The van der Waals surface area contributed by atoms with E-state index >= 15 is 0 Å². The number of rotatable bonds is 5. The highest BCUT2D eigenvalue weighted by Crippen LogP contribution is 2.45. The number of nitrogens with one attached hydrogen (secondary N) is 1. The number of ketones is 1. The molecule has 124 valence electrons. The van der Waals surface area contributed by atoms with Crippen LogP contribution in [0.4, 0.5) is 0 Å². The molecule has 0 aromatic rings. The quantitative estimate of drug-likeness (QED) is 0.625. The zero-order valence-electron chi connectivity index (χ0n) is 14.7. The number of carbonyl (C=O) groups excluding carboxylic acids is 1. The van der Waals surface area contributed by atoms with Gasteiger partial charge in [0, 0.05) is 5.57 Å². The van der Waals surface area contributed by atoms with Crippen LogP contribution < -0.4 is 5.59 Å². The van der Waals surface area contributed by atoms with Crippen LogP contribution in [0, 0.1) is 0 Å². The topological polar surface area (TPSA) is 50.8 Å². The first-order valence-electron chi connectivity index (χ1n) is 7.92. The minimum atomic E-state index is -0.361. The second kappa shape index (κ2) is 5.80. The molecular formula is C17H28N2O3. The fourth-order valence-corrected chi connectivity index (χ4v) is 3.51. The molecule has 0 aromatic carbocycles. The molecule has 0 fully saturated rings. The molecule has 22 heavy (non-hydrogen) atoms. The van der Waals surface area contributed by atoms with Crippen molar-refractivity contribution in [3.8, 4) is 0 Å². The van der Waals surface area contributed by atoms with E-state index < -0.39 is 0 Å².